The minimum Gasteiger partial charge on any atom is -0.463 e. The summed E-state index contributed by atoms with van der Waals surface area (Å²) in [5.74, 6) is 0.513. The molecule has 0 aliphatic heterocycles. The van der Waals surface area contributed by atoms with Gasteiger partial charge in [-0.3, -0.25) is 0 Å². The molecule has 0 aromatic rings. The van der Waals surface area contributed by atoms with Crippen LogP contribution in [-0.4, -0.2) is 17.5 Å². The minimum atomic E-state index is -0.216. The molecule has 1 rings (SSSR count). The smallest absolute Gasteiger partial charge is 0.331 e. The zero-order valence-corrected chi connectivity index (χ0v) is 15.3. The Morgan fingerprint density at radius 3 is 2.73 bits per heavy atom. The van der Waals surface area contributed by atoms with Gasteiger partial charge in [0.25, 0.3) is 0 Å². The van der Waals surface area contributed by atoms with E-state index >= 15 is 0 Å². The largest absolute Gasteiger partial charge is 0.463 e. The third-order valence-electron chi connectivity index (χ3n) is 4.23. The van der Waals surface area contributed by atoms with Gasteiger partial charge < -0.3 is 4.74 Å². The molecule has 126 valence electrons. The first-order chi connectivity index (χ1) is 10.3. The number of carbonyl (C=O) groups excluding carboxylic acids is 1. The van der Waals surface area contributed by atoms with E-state index in [9.17, 15) is 4.79 Å². The maximum Gasteiger partial charge on any atom is 0.331 e. The van der Waals surface area contributed by atoms with Gasteiger partial charge in [0.15, 0.2) is 0 Å². The highest BCUT2D eigenvalue weighted by Gasteiger charge is 2.17. The van der Waals surface area contributed by atoms with Crippen LogP contribution in [0.25, 0.3) is 0 Å². The molecule has 1 aliphatic rings. The van der Waals surface area contributed by atoms with Gasteiger partial charge in [0.05, 0.1) is 6.61 Å². The fourth-order valence-electron chi connectivity index (χ4n) is 2.95. The third kappa shape index (κ3) is 8.03. The lowest BCUT2D eigenvalue weighted by Gasteiger charge is -2.19. The maximum absolute atomic E-state index is 11.5. The van der Waals surface area contributed by atoms with Gasteiger partial charge in [0, 0.05) is 11.0 Å². The van der Waals surface area contributed by atoms with Crippen LogP contribution in [0.5, 0.6) is 0 Å². The monoisotopic (exact) mass is 326 g/mol. The maximum atomic E-state index is 11.5. The van der Waals surface area contributed by atoms with Gasteiger partial charge in [-0.2, -0.15) is 0 Å². The predicted molar refractivity (Wildman–Crippen MR) is 94.2 cm³/mol. The zero-order chi connectivity index (χ0) is 16.6. The minimum absolute atomic E-state index is 0.0829. The average molecular weight is 327 g/mol. The molecule has 0 saturated heterocycles. The standard InChI is InChI=1S/C19H31ClO2/c1-5-15(8-7-11-19(3,4)20)12-16-9-10-17(13-16)14-18(21)22-6-2/h13-15H,5-12H2,1-4H3/b17-14+. The van der Waals surface area contributed by atoms with Gasteiger partial charge in [-0.15, -0.1) is 11.6 Å². The van der Waals surface area contributed by atoms with Crippen molar-refractivity contribution in [2.45, 2.75) is 77.5 Å². The topological polar surface area (TPSA) is 26.3 Å². The summed E-state index contributed by atoms with van der Waals surface area (Å²) >= 11 is 6.26. The van der Waals surface area contributed by atoms with E-state index in [4.69, 9.17) is 16.3 Å². The van der Waals surface area contributed by atoms with Crippen LogP contribution in [0.2, 0.25) is 0 Å². The third-order valence-corrected chi connectivity index (χ3v) is 4.41. The normalized spacial score (nSPS) is 18.4. The van der Waals surface area contributed by atoms with Gasteiger partial charge >= 0.3 is 5.97 Å². The fraction of sp³-hybridized carbons (Fsp3) is 0.737. The fourth-order valence-corrected chi connectivity index (χ4v) is 3.09. The lowest BCUT2D eigenvalue weighted by Crippen LogP contribution is -2.10. The van der Waals surface area contributed by atoms with E-state index in [1.807, 2.05) is 6.92 Å². The summed E-state index contributed by atoms with van der Waals surface area (Å²) in [6.07, 6.45) is 11.8. The number of esters is 1. The average Bonchev–Trinajstić information content (AvgIpc) is 2.83. The van der Waals surface area contributed by atoms with E-state index in [1.54, 1.807) is 6.08 Å². The number of hydrogen-bond donors (Lipinski definition) is 0. The number of ether oxygens (including phenoxy) is 1. The second-order valence-corrected chi connectivity index (χ2v) is 7.89. The first-order valence-corrected chi connectivity index (χ1v) is 8.97. The van der Waals surface area contributed by atoms with Gasteiger partial charge in [0.2, 0.25) is 0 Å². The molecule has 0 spiro atoms. The Balaban J connectivity index is 2.45. The van der Waals surface area contributed by atoms with Gasteiger partial charge in [-0.05, 0) is 57.9 Å². The van der Waals surface area contributed by atoms with E-state index in [-0.39, 0.29) is 10.8 Å². The molecular weight excluding hydrogens is 296 g/mol. The Hall–Kier alpha value is -0.760. The Morgan fingerprint density at radius 1 is 1.41 bits per heavy atom. The number of allylic oxidation sites excluding steroid dienone is 3. The summed E-state index contributed by atoms with van der Waals surface area (Å²) in [5, 5.41) is 0. The van der Waals surface area contributed by atoms with Gasteiger partial charge in [0.1, 0.15) is 0 Å². The van der Waals surface area contributed by atoms with Crippen molar-refractivity contribution in [2.24, 2.45) is 5.92 Å². The highest BCUT2D eigenvalue weighted by molar-refractivity contribution is 6.23. The van der Waals surface area contributed by atoms with Crippen molar-refractivity contribution in [2.75, 3.05) is 6.61 Å². The molecule has 0 bridgehead atoms. The summed E-state index contributed by atoms with van der Waals surface area (Å²) in [7, 11) is 0. The van der Waals surface area contributed by atoms with Crippen LogP contribution in [0.15, 0.2) is 23.3 Å². The van der Waals surface area contributed by atoms with Crippen LogP contribution in [0.3, 0.4) is 0 Å². The van der Waals surface area contributed by atoms with Crippen molar-refractivity contribution in [1.29, 1.82) is 0 Å². The molecule has 0 saturated carbocycles. The number of rotatable bonds is 9. The lowest BCUT2D eigenvalue weighted by molar-refractivity contribution is -0.137. The van der Waals surface area contributed by atoms with Crippen molar-refractivity contribution in [3.05, 3.63) is 23.3 Å². The Bertz CT molecular complexity index is 416. The molecule has 0 heterocycles. The van der Waals surface area contributed by atoms with Gasteiger partial charge in [-0.25, -0.2) is 4.79 Å². The quantitative estimate of drug-likeness (QED) is 0.304. The first kappa shape index (κ1) is 19.3. The van der Waals surface area contributed by atoms with Crippen LogP contribution in [0.1, 0.15) is 72.6 Å². The second kappa shape index (κ2) is 9.39. The molecule has 1 atom stereocenters. The predicted octanol–water partition coefficient (Wildman–Crippen LogP) is 5.80. The summed E-state index contributed by atoms with van der Waals surface area (Å²) in [5.41, 5.74) is 2.60. The molecule has 22 heavy (non-hydrogen) atoms. The SMILES string of the molecule is CCOC(=O)/C=C1/C=C(CC(CC)CCCC(C)(C)Cl)CC1. The molecule has 0 N–H and O–H groups in total. The van der Waals surface area contributed by atoms with Gasteiger partial charge in [-0.1, -0.05) is 37.8 Å². The van der Waals surface area contributed by atoms with Crippen molar-refractivity contribution < 1.29 is 9.53 Å². The summed E-state index contributed by atoms with van der Waals surface area (Å²) in [4.78, 5) is 11.4. The Labute approximate surface area is 141 Å². The summed E-state index contributed by atoms with van der Waals surface area (Å²) in [6.45, 7) is 8.71. The van der Waals surface area contributed by atoms with Crippen LogP contribution in [0.4, 0.5) is 0 Å². The molecule has 1 unspecified atom stereocenters. The highest BCUT2D eigenvalue weighted by atomic mass is 35.5. The molecule has 0 amide bonds. The van der Waals surface area contributed by atoms with E-state index in [0.717, 1.165) is 37.2 Å². The molecule has 0 fully saturated rings. The molecule has 0 aromatic carbocycles. The summed E-state index contributed by atoms with van der Waals surface area (Å²) in [6, 6.07) is 0. The van der Waals surface area contributed by atoms with Crippen LogP contribution in [0, 0.1) is 5.92 Å². The molecule has 0 radical (unpaired) electrons. The van der Waals surface area contributed by atoms with E-state index < -0.39 is 0 Å². The van der Waals surface area contributed by atoms with Crippen LogP contribution < -0.4 is 0 Å². The van der Waals surface area contributed by atoms with Crippen molar-refractivity contribution in [3.8, 4) is 0 Å². The Morgan fingerprint density at radius 2 is 2.14 bits per heavy atom. The van der Waals surface area contributed by atoms with E-state index in [1.165, 1.54) is 24.8 Å². The molecule has 2 nitrogen and oxygen atoms in total. The van der Waals surface area contributed by atoms with Crippen LogP contribution in [-0.2, 0) is 9.53 Å². The first-order valence-electron chi connectivity index (χ1n) is 8.59. The molecule has 1 aliphatic carbocycles. The number of carbonyl (C=O) groups is 1. The number of alkyl halides is 1. The van der Waals surface area contributed by atoms with Crippen molar-refractivity contribution >= 4 is 17.6 Å². The molecule has 3 heteroatoms. The van der Waals surface area contributed by atoms with E-state index in [2.05, 4.69) is 26.8 Å². The molecular formula is C19H31ClO2. The van der Waals surface area contributed by atoms with Crippen LogP contribution >= 0.6 is 11.6 Å². The van der Waals surface area contributed by atoms with Crippen molar-refractivity contribution in [3.63, 3.8) is 0 Å². The molecule has 0 aromatic heterocycles. The zero-order valence-electron chi connectivity index (χ0n) is 14.6. The lowest BCUT2D eigenvalue weighted by atomic mass is 9.90. The summed E-state index contributed by atoms with van der Waals surface area (Å²) < 4.78 is 4.97. The number of hydrogen-bond acceptors (Lipinski definition) is 2. The van der Waals surface area contributed by atoms with E-state index in [0.29, 0.717) is 6.61 Å². The number of halogens is 1. The van der Waals surface area contributed by atoms with Crippen molar-refractivity contribution in [1.82, 2.24) is 0 Å². The Kier molecular flexibility index (Phi) is 8.24. The second-order valence-electron chi connectivity index (χ2n) is 6.86. The highest BCUT2D eigenvalue weighted by Crippen LogP contribution is 2.32.